The van der Waals surface area contributed by atoms with E-state index in [2.05, 4.69) is 22.3 Å². The van der Waals surface area contributed by atoms with Crippen LogP contribution in [-0.4, -0.2) is 50.1 Å². The molecule has 2 aromatic rings. The predicted molar refractivity (Wildman–Crippen MR) is 112 cm³/mol. The fourth-order valence-electron chi connectivity index (χ4n) is 3.61. The van der Waals surface area contributed by atoms with Gasteiger partial charge in [-0.3, -0.25) is 9.69 Å². The van der Waals surface area contributed by atoms with E-state index in [1.165, 1.54) is 38.0 Å². The minimum atomic E-state index is -0.592. The van der Waals surface area contributed by atoms with Crippen LogP contribution >= 0.6 is 0 Å². The van der Waals surface area contributed by atoms with Gasteiger partial charge in [-0.15, -0.1) is 0 Å². The Hall–Kier alpha value is -3.19. The fraction of sp³-hybridized carbons (Fsp3) is 0.348. The van der Waals surface area contributed by atoms with E-state index in [4.69, 9.17) is 9.47 Å². The summed E-state index contributed by atoms with van der Waals surface area (Å²) in [7, 11) is 2.52. The number of hydrogen-bond acceptors (Lipinski definition) is 6. The molecule has 1 amide bonds. The van der Waals surface area contributed by atoms with Crippen LogP contribution in [0.3, 0.4) is 0 Å². The molecule has 1 N–H and O–H groups in total. The van der Waals surface area contributed by atoms with Crippen molar-refractivity contribution < 1.29 is 23.9 Å². The molecule has 0 aliphatic carbocycles. The number of anilines is 1. The number of nitrogens with one attached hydrogen (secondary N) is 1. The summed E-state index contributed by atoms with van der Waals surface area (Å²) in [6, 6.07) is 14.6. The van der Waals surface area contributed by atoms with E-state index < -0.39 is 11.9 Å². The molecule has 0 spiro atoms. The van der Waals surface area contributed by atoms with Gasteiger partial charge < -0.3 is 14.8 Å². The number of piperidine rings is 1. The highest BCUT2D eigenvalue weighted by atomic mass is 16.5. The van der Waals surface area contributed by atoms with E-state index in [1.807, 2.05) is 18.2 Å². The number of carbonyl (C=O) groups excluding carboxylic acids is 3. The van der Waals surface area contributed by atoms with E-state index in [1.54, 1.807) is 0 Å². The number of rotatable bonds is 6. The van der Waals surface area contributed by atoms with Gasteiger partial charge in [0, 0.05) is 18.2 Å². The minimum absolute atomic E-state index is 0.118. The first-order chi connectivity index (χ1) is 14.5. The molecular weight excluding hydrogens is 384 g/mol. The number of ether oxygens (including phenoxy) is 2. The quantitative estimate of drug-likeness (QED) is 0.737. The number of amides is 1. The van der Waals surface area contributed by atoms with Gasteiger partial charge in [0.05, 0.1) is 25.3 Å². The van der Waals surface area contributed by atoms with Crippen LogP contribution in [-0.2, 0) is 20.8 Å². The smallest absolute Gasteiger partial charge is 0.337 e. The van der Waals surface area contributed by atoms with E-state index in [0.717, 1.165) is 32.5 Å². The second-order valence-electron chi connectivity index (χ2n) is 7.31. The number of esters is 2. The molecule has 0 radical (unpaired) electrons. The van der Waals surface area contributed by atoms with Crippen molar-refractivity contribution in [2.75, 3.05) is 32.6 Å². The lowest BCUT2D eigenvalue weighted by atomic mass is 9.95. The van der Waals surface area contributed by atoms with E-state index in [0.29, 0.717) is 5.69 Å². The number of nitrogens with zero attached hydrogens (tertiary/aromatic N) is 1. The van der Waals surface area contributed by atoms with Crippen molar-refractivity contribution in [2.24, 2.45) is 5.92 Å². The normalized spacial score (nSPS) is 14.7. The van der Waals surface area contributed by atoms with Gasteiger partial charge in [0.1, 0.15) is 0 Å². The van der Waals surface area contributed by atoms with Crippen LogP contribution in [0.2, 0.25) is 0 Å². The molecule has 2 aromatic carbocycles. The first-order valence-electron chi connectivity index (χ1n) is 9.89. The lowest BCUT2D eigenvalue weighted by Gasteiger charge is -2.31. The van der Waals surface area contributed by atoms with Gasteiger partial charge in [-0.1, -0.05) is 30.3 Å². The zero-order chi connectivity index (χ0) is 21.5. The molecule has 1 saturated heterocycles. The summed E-state index contributed by atoms with van der Waals surface area (Å²) in [6.45, 7) is 2.55. The van der Waals surface area contributed by atoms with Crippen molar-refractivity contribution in [3.8, 4) is 0 Å². The van der Waals surface area contributed by atoms with Crippen molar-refractivity contribution >= 4 is 23.5 Å². The lowest BCUT2D eigenvalue weighted by Crippen LogP contribution is -2.37. The first kappa shape index (κ1) is 21.5. The summed E-state index contributed by atoms with van der Waals surface area (Å²) in [5, 5.41) is 2.84. The highest BCUT2D eigenvalue weighted by Gasteiger charge is 2.25. The second kappa shape index (κ2) is 10.0. The van der Waals surface area contributed by atoms with Gasteiger partial charge in [0.15, 0.2) is 0 Å². The van der Waals surface area contributed by atoms with E-state index in [-0.39, 0.29) is 23.0 Å². The standard InChI is InChI=1S/C23H26N2O5/c1-29-22(27)18-12-19(23(28)30-2)14-20(13-18)24-21(26)17-8-10-25(11-9-17)15-16-6-4-3-5-7-16/h3-7,12-14,17H,8-11,15H2,1-2H3,(H,24,26). The zero-order valence-corrected chi connectivity index (χ0v) is 17.2. The Morgan fingerprint density at radius 3 is 2.03 bits per heavy atom. The summed E-state index contributed by atoms with van der Waals surface area (Å²) in [5.41, 5.74) is 1.98. The zero-order valence-electron chi connectivity index (χ0n) is 17.2. The maximum absolute atomic E-state index is 12.8. The monoisotopic (exact) mass is 410 g/mol. The molecule has 7 nitrogen and oxygen atoms in total. The van der Waals surface area contributed by atoms with Crippen LogP contribution in [0.1, 0.15) is 39.1 Å². The summed E-state index contributed by atoms with van der Waals surface area (Å²) < 4.78 is 9.46. The Kier molecular flexibility index (Phi) is 7.19. The Morgan fingerprint density at radius 1 is 0.933 bits per heavy atom. The average molecular weight is 410 g/mol. The van der Waals surface area contributed by atoms with Gasteiger partial charge >= 0.3 is 11.9 Å². The topological polar surface area (TPSA) is 84.9 Å². The van der Waals surface area contributed by atoms with Crippen LogP contribution < -0.4 is 5.32 Å². The van der Waals surface area contributed by atoms with Crippen molar-refractivity contribution in [3.05, 3.63) is 65.2 Å². The van der Waals surface area contributed by atoms with Crippen molar-refractivity contribution in [2.45, 2.75) is 19.4 Å². The highest BCUT2D eigenvalue weighted by molar-refractivity contribution is 5.99. The molecule has 0 bridgehead atoms. The Labute approximate surface area is 176 Å². The van der Waals surface area contributed by atoms with Crippen molar-refractivity contribution in [1.82, 2.24) is 4.90 Å². The molecular formula is C23H26N2O5. The molecule has 0 aromatic heterocycles. The number of benzene rings is 2. The van der Waals surface area contributed by atoms with Crippen LogP contribution in [0.25, 0.3) is 0 Å². The van der Waals surface area contributed by atoms with Gasteiger partial charge in [-0.25, -0.2) is 9.59 Å². The third-order valence-electron chi connectivity index (χ3n) is 5.25. The van der Waals surface area contributed by atoms with Gasteiger partial charge in [-0.2, -0.15) is 0 Å². The second-order valence-corrected chi connectivity index (χ2v) is 7.31. The molecule has 1 heterocycles. The molecule has 0 unspecified atom stereocenters. The summed E-state index contributed by atoms with van der Waals surface area (Å²) in [5.74, 6) is -1.43. The van der Waals surface area contributed by atoms with Crippen molar-refractivity contribution in [1.29, 1.82) is 0 Å². The highest BCUT2D eigenvalue weighted by Crippen LogP contribution is 2.23. The van der Waals surface area contributed by atoms with Crippen LogP contribution in [0.4, 0.5) is 5.69 Å². The van der Waals surface area contributed by atoms with Crippen molar-refractivity contribution in [3.63, 3.8) is 0 Å². The van der Waals surface area contributed by atoms with Gasteiger partial charge in [0.2, 0.25) is 5.91 Å². The predicted octanol–water partition coefficient (Wildman–Crippen LogP) is 3.11. The van der Waals surface area contributed by atoms with Crippen LogP contribution in [0.15, 0.2) is 48.5 Å². The average Bonchev–Trinajstić information content (AvgIpc) is 2.78. The first-order valence-corrected chi connectivity index (χ1v) is 9.89. The minimum Gasteiger partial charge on any atom is -0.465 e. The fourth-order valence-corrected chi connectivity index (χ4v) is 3.61. The summed E-state index contributed by atoms with van der Waals surface area (Å²) >= 11 is 0. The molecule has 7 heteroatoms. The SMILES string of the molecule is COC(=O)c1cc(NC(=O)C2CCN(Cc3ccccc3)CC2)cc(C(=O)OC)c1. The Balaban J connectivity index is 1.63. The summed E-state index contributed by atoms with van der Waals surface area (Å²) in [6.07, 6.45) is 1.50. The Morgan fingerprint density at radius 2 is 1.50 bits per heavy atom. The van der Waals surface area contributed by atoms with Crippen LogP contribution in [0, 0.1) is 5.92 Å². The largest absolute Gasteiger partial charge is 0.465 e. The van der Waals surface area contributed by atoms with Gasteiger partial charge in [-0.05, 0) is 49.7 Å². The molecule has 3 rings (SSSR count). The molecule has 158 valence electrons. The third kappa shape index (κ3) is 5.45. The summed E-state index contributed by atoms with van der Waals surface area (Å²) in [4.78, 5) is 38.9. The lowest BCUT2D eigenvalue weighted by molar-refractivity contribution is -0.121. The van der Waals surface area contributed by atoms with E-state index >= 15 is 0 Å². The maximum atomic E-state index is 12.8. The number of carbonyl (C=O) groups is 3. The Bertz CT molecular complexity index is 871. The number of hydrogen-bond donors (Lipinski definition) is 1. The maximum Gasteiger partial charge on any atom is 0.337 e. The number of likely N-dealkylation sites (tertiary alicyclic amines) is 1. The molecule has 0 saturated carbocycles. The molecule has 1 aliphatic heterocycles. The molecule has 30 heavy (non-hydrogen) atoms. The number of methoxy groups -OCH3 is 2. The van der Waals surface area contributed by atoms with Crippen LogP contribution in [0.5, 0.6) is 0 Å². The third-order valence-corrected chi connectivity index (χ3v) is 5.25. The molecule has 0 atom stereocenters. The van der Waals surface area contributed by atoms with Gasteiger partial charge in [0.25, 0.3) is 0 Å². The molecule has 1 aliphatic rings. The van der Waals surface area contributed by atoms with E-state index in [9.17, 15) is 14.4 Å². The molecule has 1 fully saturated rings.